The van der Waals surface area contributed by atoms with Crippen LogP contribution in [0.15, 0.2) is 16.9 Å². The van der Waals surface area contributed by atoms with E-state index in [9.17, 15) is 0 Å². The van der Waals surface area contributed by atoms with Crippen LogP contribution in [0.4, 0.5) is 0 Å². The summed E-state index contributed by atoms with van der Waals surface area (Å²) in [6, 6.07) is 0. The van der Waals surface area contributed by atoms with Gasteiger partial charge in [-0.15, -0.1) is 0 Å². The predicted molar refractivity (Wildman–Crippen MR) is 55.2 cm³/mol. The lowest BCUT2D eigenvalue weighted by molar-refractivity contribution is 0.104. The highest BCUT2D eigenvalue weighted by molar-refractivity contribution is 5.50. The maximum Gasteiger partial charge on any atom is 0.252 e. The lowest BCUT2D eigenvalue weighted by atomic mass is 10.3. The monoisotopic (exact) mass is 223 g/mol. The zero-order valence-electron chi connectivity index (χ0n) is 8.96. The van der Waals surface area contributed by atoms with Gasteiger partial charge >= 0.3 is 0 Å². The van der Waals surface area contributed by atoms with Crippen molar-refractivity contribution >= 4 is 0 Å². The van der Waals surface area contributed by atoms with Gasteiger partial charge in [-0.1, -0.05) is 5.16 Å². The number of ether oxygens (including phenoxy) is 1. The van der Waals surface area contributed by atoms with E-state index < -0.39 is 0 Å². The minimum absolute atomic E-state index is 0.282. The van der Waals surface area contributed by atoms with Crippen molar-refractivity contribution in [2.24, 2.45) is 12.8 Å². The van der Waals surface area contributed by atoms with Crippen molar-refractivity contribution in [2.75, 3.05) is 13.2 Å². The maximum atomic E-state index is 5.29. The first kappa shape index (κ1) is 10.8. The average Bonchev–Trinajstić information content (AvgIpc) is 2.87. The van der Waals surface area contributed by atoms with Crippen molar-refractivity contribution in [2.45, 2.75) is 6.61 Å². The van der Waals surface area contributed by atoms with E-state index in [1.807, 2.05) is 13.2 Å². The lowest BCUT2D eigenvalue weighted by Gasteiger charge is -1.95. The molecule has 0 amide bonds. The summed E-state index contributed by atoms with van der Waals surface area (Å²) < 4.78 is 11.9. The first-order valence-corrected chi connectivity index (χ1v) is 4.89. The lowest BCUT2D eigenvalue weighted by Crippen LogP contribution is -2.08. The van der Waals surface area contributed by atoms with Crippen LogP contribution in [-0.2, 0) is 18.4 Å². The Morgan fingerprint density at radius 2 is 2.44 bits per heavy atom. The Labute approximate surface area is 92.2 Å². The molecule has 7 nitrogen and oxygen atoms in total. The normalized spacial score (nSPS) is 10.9. The van der Waals surface area contributed by atoms with Crippen LogP contribution in [0.2, 0.25) is 0 Å². The van der Waals surface area contributed by atoms with E-state index in [0.29, 0.717) is 24.9 Å². The first-order valence-electron chi connectivity index (χ1n) is 4.89. The number of nitrogens with zero attached hydrogens (tertiary/aromatic N) is 4. The Morgan fingerprint density at radius 3 is 3.12 bits per heavy atom. The molecule has 0 bridgehead atoms. The molecule has 0 unspecified atom stereocenters. The van der Waals surface area contributed by atoms with Gasteiger partial charge in [-0.2, -0.15) is 10.1 Å². The van der Waals surface area contributed by atoms with Crippen molar-refractivity contribution < 1.29 is 9.26 Å². The van der Waals surface area contributed by atoms with Crippen LogP contribution >= 0.6 is 0 Å². The minimum Gasteiger partial charge on any atom is -0.370 e. The van der Waals surface area contributed by atoms with Gasteiger partial charge in [-0.3, -0.25) is 4.68 Å². The van der Waals surface area contributed by atoms with Gasteiger partial charge in [0, 0.05) is 19.8 Å². The third-order valence-electron chi connectivity index (χ3n) is 1.92. The molecule has 2 N–H and O–H groups in total. The molecule has 2 aromatic heterocycles. The van der Waals surface area contributed by atoms with Gasteiger partial charge in [-0.25, -0.2) is 0 Å². The fourth-order valence-electron chi connectivity index (χ4n) is 1.21. The molecule has 2 heterocycles. The number of aryl methyl sites for hydroxylation is 1. The maximum absolute atomic E-state index is 5.29. The molecule has 16 heavy (non-hydrogen) atoms. The molecule has 0 fully saturated rings. The second-order valence-corrected chi connectivity index (χ2v) is 3.26. The molecule has 0 radical (unpaired) electrons. The standard InChI is InChI=1S/C9H13N5O2/c1-14-5-7(4-11-14)9-12-8(16-13-9)6-15-3-2-10/h4-5H,2-3,6,10H2,1H3. The second-order valence-electron chi connectivity index (χ2n) is 3.26. The molecule has 0 saturated heterocycles. The van der Waals surface area contributed by atoms with Crippen LogP contribution in [0.3, 0.4) is 0 Å². The van der Waals surface area contributed by atoms with Gasteiger partial charge in [0.05, 0.1) is 18.4 Å². The SMILES string of the molecule is Cn1cc(-c2noc(COCCN)n2)cn1. The summed E-state index contributed by atoms with van der Waals surface area (Å²) in [5.41, 5.74) is 6.11. The van der Waals surface area contributed by atoms with Crippen molar-refractivity contribution in [1.29, 1.82) is 0 Å². The quantitative estimate of drug-likeness (QED) is 0.714. The minimum atomic E-state index is 0.282. The van der Waals surface area contributed by atoms with Crippen LogP contribution in [0.25, 0.3) is 11.4 Å². The fourth-order valence-corrected chi connectivity index (χ4v) is 1.21. The molecular formula is C9H13N5O2. The molecule has 0 atom stereocenters. The Morgan fingerprint density at radius 1 is 1.56 bits per heavy atom. The molecular weight excluding hydrogens is 210 g/mol. The van der Waals surface area contributed by atoms with Gasteiger partial charge in [0.2, 0.25) is 5.82 Å². The summed E-state index contributed by atoms with van der Waals surface area (Å²) in [6.45, 7) is 1.23. The zero-order valence-corrected chi connectivity index (χ0v) is 8.96. The first-order chi connectivity index (χ1) is 7.79. The Hall–Kier alpha value is -1.73. The van der Waals surface area contributed by atoms with Gasteiger partial charge in [0.15, 0.2) is 0 Å². The molecule has 0 aliphatic rings. The molecule has 0 aromatic carbocycles. The van der Waals surface area contributed by atoms with E-state index in [-0.39, 0.29) is 6.61 Å². The van der Waals surface area contributed by atoms with Crippen molar-refractivity contribution in [3.63, 3.8) is 0 Å². The highest BCUT2D eigenvalue weighted by Gasteiger charge is 2.09. The molecule has 2 rings (SSSR count). The smallest absolute Gasteiger partial charge is 0.252 e. The summed E-state index contributed by atoms with van der Waals surface area (Å²) in [6.07, 6.45) is 3.49. The zero-order chi connectivity index (χ0) is 11.4. The number of hydrogen-bond donors (Lipinski definition) is 1. The van der Waals surface area contributed by atoms with Crippen LogP contribution in [0.5, 0.6) is 0 Å². The van der Waals surface area contributed by atoms with E-state index in [1.165, 1.54) is 0 Å². The second kappa shape index (κ2) is 4.86. The third-order valence-corrected chi connectivity index (χ3v) is 1.92. The van der Waals surface area contributed by atoms with Gasteiger partial charge in [0.1, 0.15) is 6.61 Å². The summed E-state index contributed by atoms with van der Waals surface area (Å²) >= 11 is 0. The van der Waals surface area contributed by atoms with Crippen molar-refractivity contribution in [3.8, 4) is 11.4 Å². The van der Waals surface area contributed by atoms with Gasteiger partial charge < -0.3 is 15.0 Å². The number of aromatic nitrogens is 4. The Kier molecular flexibility index (Phi) is 3.28. The molecule has 0 saturated carbocycles. The van der Waals surface area contributed by atoms with Crippen molar-refractivity contribution in [1.82, 2.24) is 19.9 Å². The summed E-state index contributed by atoms with van der Waals surface area (Å²) in [5.74, 6) is 0.951. The predicted octanol–water partition coefficient (Wildman–Crippen LogP) is -0.0546. The topological polar surface area (TPSA) is 92.0 Å². The summed E-state index contributed by atoms with van der Waals surface area (Å²) in [5, 5.41) is 7.85. The van der Waals surface area contributed by atoms with E-state index in [0.717, 1.165) is 5.56 Å². The van der Waals surface area contributed by atoms with E-state index in [2.05, 4.69) is 15.2 Å². The molecule has 7 heteroatoms. The van der Waals surface area contributed by atoms with Gasteiger partial charge in [0.25, 0.3) is 5.89 Å². The Bertz CT molecular complexity index is 450. The van der Waals surface area contributed by atoms with Crippen LogP contribution in [0.1, 0.15) is 5.89 Å². The molecule has 0 aliphatic carbocycles. The highest BCUT2D eigenvalue weighted by atomic mass is 16.5. The molecule has 0 aliphatic heterocycles. The van der Waals surface area contributed by atoms with Crippen LogP contribution in [0, 0.1) is 0 Å². The van der Waals surface area contributed by atoms with Crippen LogP contribution < -0.4 is 5.73 Å². The van der Waals surface area contributed by atoms with E-state index in [4.69, 9.17) is 15.0 Å². The van der Waals surface area contributed by atoms with E-state index in [1.54, 1.807) is 10.9 Å². The average molecular weight is 223 g/mol. The third kappa shape index (κ3) is 2.44. The number of hydrogen-bond acceptors (Lipinski definition) is 6. The van der Waals surface area contributed by atoms with Gasteiger partial charge in [-0.05, 0) is 0 Å². The highest BCUT2D eigenvalue weighted by Crippen LogP contribution is 2.14. The largest absolute Gasteiger partial charge is 0.370 e. The fraction of sp³-hybridized carbons (Fsp3) is 0.444. The Balaban J connectivity index is 2.02. The summed E-state index contributed by atoms with van der Waals surface area (Å²) in [4.78, 5) is 4.17. The molecule has 0 spiro atoms. The molecule has 86 valence electrons. The van der Waals surface area contributed by atoms with Crippen LogP contribution in [-0.4, -0.2) is 33.1 Å². The number of rotatable bonds is 5. The summed E-state index contributed by atoms with van der Waals surface area (Å²) in [7, 11) is 1.83. The molecule has 2 aromatic rings. The van der Waals surface area contributed by atoms with E-state index >= 15 is 0 Å². The number of nitrogens with two attached hydrogens (primary N) is 1. The van der Waals surface area contributed by atoms with Crippen molar-refractivity contribution in [3.05, 3.63) is 18.3 Å².